The molecule has 1 aromatic carbocycles. The second-order valence-electron chi connectivity index (χ2n) is 7.21. The number of nitrogens with one attached hydrogen (secondary N) is 2. The molecule has 0 atom stereocenters. The average Bonchev–Trinajstić information content (AvgIpc) is 3.37. The van der Waals surface area contributed by atoms with E-state index in [0.717, 1.165) is 49.8 Å². The fourth-order valence-corrected chi connectivity index (χ4v) is 3.22. The Morgan fingerprint density at radius 1 is 1.16 bits per heavy atom. The largest absolute Gasteiger partial charge is 0.493 e. The van der Waals surface area contributed by atoms with Crippen molar-refractivity contribution in [1.82, 2.24) is 4.72 Å². The van der Waals surface area contributed by atoms with Crippen molar-refractivity contribution < 1.29 is 13.2 Å². The molecule has 0 spiro atoms. The van der Waals surface area contributed by atoms with Gasteiger partial charge >= 0.3 is 0 Å². The third-order valence-electron chi connectivity index (χ3n) is 4.47. The highest BCUT2D eigenvalue weighted by molar-refractivity contribution is 7.90. The van der Waals surface area contributed by atoms with E-state index in [1.807, 2.05) is 6.07 Å². The summed E-state index contributed by atoms with van der Waals surface area (Å²) in [5.74, 6) is 1.72. The van der Waals surface area contributed by atoms with Crippen LogP contribution in [-0.2, 0) is 10.0 Å². The van der Waals surface area contributed by atoms with E-state index in [9.17, 15) is 8.42 Å². The van der Waals surface area contributed by atoms with Crippen LogP contribution in [0.5, 0.6) is 5.75 Å². The highest BCUT2D eigenvalue weighted by Crippen LogP contribution is 2.30. The van der Waals surface area contributed by atoms with Gasteiger partial charge in [-0.2, -0.15) is 0 Å². The smallest absolute Gasteiger partial charge is 0.213 e. The number of aryl methyl sites for hydroxylation is 1. The van der Waals surface area contributed by atoms with E-state index in [4.69, 9.17) is 4.74 Å². The summed E-state index contributed by atoms with van der Waals surface area (Å²) in [4.78, 5) is 0. The van der Waals surface area contributed by atoms with Crippen molar-refractivity contribution in [2.45, 2.75) is 58.1 Å². The van der Waals surface area contributed by atoms with Gasteiger partial charge in [-0.1, -0.05) is 6.42 Å². The topological polar surface area (TPSA) is 67.4 Å². The molecule has 142 valence electrons. The third kappa shape index (κ3) is 7.24. The number of unbranched alkanes of at least 4 members (excludes halogenated alkanes) is 2. The second kappa shape index (κ2) is 9.43. The highest BCUT2D eigenvalue weighted by Gasteiger charge is 2.21. The van der Waals surface area contributed by atoms with Gasteiger partial charge in [0, 0.05) is 18.8 Å². The van der Waals surface area contributed by atoms with Crippen molar-refractivity contribution >= 4 is 15.7 Å². The van der Waals surface area contributed by atoms with Crippen LogP contribution < -0.4 is 14.8 Å². The zero-order chi connectivity index (χ0) is 18.3. The van der Waals surface area contributed by atoms with Gasteiger partial charge in [-0.25, -0.2) is 13.1 Å². The maximum Gasteiger partial charge on any atom is 0.213 e. The molecule has 0 heterocycles. The molecule has 1 aliphatic rings. The van der Waals surface area contributed by atoms with Gasteiger partial charge in [0.2, 0.25) is 10.0 Å². The molecule has 0 unspecified atom stereocenters. The third-order valence-corrected chi connectivity index (χ3v) is 6.32. The Bertz CT molecular complexity index is 640. The van der Waals surface area contributed by atoms with Crippen molar-refractivity contribution in [2.75, 3.05) is 25.0 Å². The first-order valence-electron chi connectivity index (χ1n) is 9.34. The minimum atomic E-state index is -3.13. The molecule has 0 saturated heterocycles. The fourth-order valence-electron chi connectivity index (χ4n) is 2.45. The van der Waals surface area contributed by atoms with Crippen LogP contribution in [0.2, 0.25) is 0 Å². The van der Waals surface area contributed by atoms with Crippen LogP contribution in [0.3, 0.4) is 0 Å². The van der Waals surface area contributed by atoms with Crippen LogP contribution in [0.4, 0.5) is 5.69 Å². The Kier molecular flexibility index (Phi) is 7.56. The minimum absolute atomic E-state index is 0.367. The monoisotopic (exact) mass is 368 g/mol. The zero-order valence-electron chi connectivity index (χ0n) is 15.7. The maximum atomic E-state index is 11.6. The van der Waals surface area contributed by atoms with Crippen molar-refractivity contribution in [3.05, 3.63) is 23.8 Å². The van der Waals surface area contributed by atoms with Gasteiger partial charge in [0.1, 0.15) is 5.75 Å². The zero-order valence-corrected chi connectivity index (χ0v) is 16.5. The summed E-state index contributed by atoms with van der Waals surface area (Å²) >= 11 is 0. The van der Waals surface area contributed by atoms with Crippen molar-refractivity contribution in [2.24, 2.45) is 5.92 Å². The molecule has 2 rings (SSSR count). The van der Waals surface area contributed by atoms with E-state index >= 15 is 0 Å². The van der Waals surface area contributed by atoms with Crippen LogP contribution >= 0.6 is 0 Å². The highest BCUT2D eigenvalue weighted by atomic mass is 32.2. The summed E-state index contributed by atoms with van der Waals surface area (Å²) in [6.07, 6.45) is 5.48. The molecule has 25 heavy (non-hydrogen) atoms. The SMILES string of the molecule is Cc1cc(OCC2CC2)ccc1NCCCCCNS(=O)(=O)C(C)C. The molecule has 1 aromatic rings. The second-order valence-corrected chi connectivity index (χ2v) is 9.53. The number of hydrogen-bond donors (Lipinski definition) is 2. The van der Waals surface area contributed by atoms with Crippen LogP contribution in [-0.4, -0.2) is 33.4 Å². The normalized spacial score (nSPS) is 14.7. The van der Waals surface area contributed by atoms with E-state index in [0.29, 0.717) is 6.54 Å². The lowest BCUT2D eigenvalue weighted by Crippen LogP contribution is -2.31. The van der Waals surface area contributed by atoms with Crippen molar-refractivity contribution in [1.29, 1.82) is 0 Å². The first-order chi connectivity index (χ1) is 11.9. The Morgan fingerprint density at radius 3 is 2.52 bits per heavy atom. The average molecular weight is 369 g/mol. The van der Waals surface area contributed by atoms with E-state index < -0.39 is 10.0 Å². The fraction of sp³-hybridized carbons (Fsp3) is 0.684. The Morgan fingerprint density at radius 2 is 1.88 bits per heavy atom. The molecule has 1 saturated carbocycles. The van der Waals surface area contributed by atoms with Crippen molar-refractivity contribution in [3.8, 4) is 5.75 Å². The predicted octanol–water partition coefficient (Wildman–Crippen LogP) is 3.69. The van der Waals surface area contributed by atoms with E-state index in [-0.39, 0.29) is 5.25 Å². The van der Waals surface area contributed by atoms with Crippen LogP contribution in [0.25, 0.3) is 0 Å². The molecular weight excluding hydrogens is 336 g/mol. The molecule has 0 bridgehead atoms. The van der Waals surface area contributed by atoms with Crippen LogP contribution in [0.1, 0.15) is 51.5 Å². The Hall–Kier alpha value is -1.27. The summed E-state index contributed by atoms with van der Waals surface area (Å²) in [5.41, 5.74) is 2.33. The van der Waals surface area contributed by atoms with E-state index in [2.05, 4.69) is 29.1 Å². The lowest BCUT2D eigenvalue weighted by atomic mass is 10.1. The number of benzene rings is 1. The van der Waals surface area contributed by atoms with Gasteiger partial charge in [0.25, 0.3) is 0 Å². The quantitative estimate of drug-likeness (QED) is 0.552. The number of hydrogen-bond acceptors (Lipinski definition) is 4. The summed E-state index contributed by atoms with van der Waals surface area (Å²) < 4.78 is 31.7. The standard InChI is InChI=1S/C19H32N2O3S/c1-15(2)25(22,23)21-12-6-4-5-11-20-19-10-9-18(13-16(19)3)24-14-17-7-8-17/h9-10,13,15,17,20-21H,4-8,11-12,14H2,1-3H3. The molecule has 1 aliphatic carbocycles. The molecule has 0 radical (unpaired) electrons. The van der Waals surface area contributed by atoms with Crippen LogP contribution in [0, 0.1) is 12.8 Å². The lowest BCUT2D eigenvalue weighted by molar-refractivity contribution is 0.299. The molecule has 0 aromatic heterocycles. The molecule has 0 aliphatic heterocycles. The molecule has 6 heteroatoms. The van der Waals surface area contributed by atoms with Gasteiger partial charge in [0.05, 0.1) is 11.9 Å². The summed E-state index contributed by atoms with van der Waals surface area (Å²) in [7, 11) is -3.13. The minimum Gasteiger partial charge on any atom is -0.493 e. The Labute approximate surface area is 152 Å². The van der Waals surface area contributed by atoms with Gasteiger partial charge in [-0.15, -0.1) is 0 Å². The first-order valence-corrected chi connectivity index (χ1v) is 10.9. The molecule has 2 N–H and O–H groups in total. The number of ether oxygens (including phenoxy) is 1. The van der Waals surface area contributed by atoms with Gasteiger partial charge in [-0.3, -0.25) is 0 Å². The van der Waals surface area contributed by atoms with Gasteiger partial charge < -0.3 is 10.1 Å². The summed E-state index contributed by atoms with van der Waals surface area (Å²) in [6.45, 7) is 7.72. The molecular formula is C19H32N2O3S. The predicted molar refractivity (Wildman–Crippen MR) is 104 cm³/mol. The van der Waals surface area contributed by atoms with Crippen molar-refractivity contribution in [3.63, 3.8) is 0 Å². The molecule has 5 nitrogen and oxygen atoms in total. The van der Waals surface area contributed by atoms with Gasteiger partial charge in [-0.05, 0) is 76.1 Å². The van der Waals surface area contributed by atoms with E-state index in [1.54, 1.807) is 13.8 Å². The Balaban J connectivity index is 1.59. The molecule has 1 fully saturated rings. The van der Waals surface area contributed by atoms with Gasteiger partial charge in [0.15, 0.2) is 0 Å². The first kappa shape index (κ1) is 20.0. The van der Waals surface area contributed by atoms with Crippen LogP contribution in [0.15, 0.2) is 18.2 Å². The lowest BCUT2D eigenvalue weighted by Gasteiger charge is -2.12. The number of anilines is 1. The summed E-state index contributed by atoms with van der Waals surface area (Å²) in [6, 6.07) is 6.19. The number of sulfonamides is 1. The maximum absolute atomic E-state index is 11.6. The molecule has 0 amide bonds. The van der Waals surface area contributed by atoms with E-state index in [1.165, 1.54) is 18.4 Å². The summed E-state index contributed by atoms with van der Waals surface area (Å²) in [5, 5.41) is 3.08. The number of rotatable bonds is 12.